The van der Waals surface area contributed by atoms with Crippen LogP contribution in [0.2, 0.25) is 0 Å². The van der Waals surface area contributed by atoms with Gasteiger partial charge in [0.2, 0.25) is 0 Å². The van der Waals surface area contributed by atoms with E-state index in [0.29, 0.717) is 6.42 Å². The number of sulfone groups is 1. The highest BCUT2D eigenvalue weighted by Crippen LogP contribution is 2.30. The molecular formula is C10H18O5S. The van der Waals surface area contributed by atoms with Crippen molar-refractivity contribution in [3.05, 3.63) is 0 Å². The normalized spacial score (nSPS) is 30.5. The summed E-state index contributed by atoms with van der Waals surface area (Å²) < 4.78 is 22.6. The molecule has 3 atom stereocenters. The molecule has 1 heterocycles. The van der Waals surface area contributed by atoms with Gasteiger partial charge >= 0.3 is 5.97 Å². The fourth-order valence-corrected chi connectivity index (χ4v) is 4.15. The number of hydrogen-bond acceptors (Lipinski definition) is 4. The Hall–Kier alpha value is -0.620. The van der Waals surface area contributed by atoms with Crippen molar-refractivity contribution in [3.8, 4) is 0 Å². The molecule has 1 fully saturated rings. The first-order valence-electron chi connectivity index (χ1n) is 5.34. The zero-order valence-electron chi connectivity index (χ0n) is 9.46. The molecule has 16 heavy (non-hydrogen) atoms. The molecule has 94 valence electrons. The summed E-state index contributed by atoms with van der Waals surface area (Å²) in [6.45, 7) is 3.76. The zero-order chi connectivity index (χ0) is 12.5. The van der Waals surface area contributed by atoms with E-state index in [1.807, 2.05) is 13.8 Å². The number of carboxylic acids is 1. The van der Waals surface area contributed by atoms with Gasteiger partial charge in [-0.05, 0) is 12.3 Å². The third kappa shape index (κ3) is 3.18. The molecule has 0 saturated carbocycles. The van der Waals surface area contributed by atoms with Crippen molar-refractivity contribution in [3.63, 3.8) is 0 Å². The van der Waals surface area contributed by atoms with Gasteiger partial charge in [-0.15, -0.1) is 0 Å². The van der Waals surface area contributed by atoms with Gasteiger partial charge in [0.1, 0.15) is 0 Å². The molecule has 2 N–H and O–H groups in total. The minimum Gasteiger partial charge on any atom is -0.481 e. The second-order valence-electron chi connectivity index (χ2n) is 4.88. The Balaban J connectivity index is 2.84. The number of aliphatic carboxylic acids is 1. The van der Waals surface area contributed by atoms with Crippen LogP contribution in [0.3, 0.4) is 0 Å². The summed E-state index contributed by atoms with van der Waals surface area (Å²) in [7, 11) is -3.27. The highest BCUT2D eigenvalue weighted by molar-refractivity contribution is 7.91. The maximum absolute atomic E-state index is 11.3. The van der Waals surface area contributed by atoms with Crippen LogP contribution in [0, 0.1) is 17.8 Å². The Morgan fingerprint density at radius 3 is 2.25 bits per heavy atom. The molecule has 3 unspecified atom stereocenters. The van der Waals surface area contributed by atoms with Crippen molar-refractivity contribution < 1.29 is 23.4 Å². The van der Waals surface area contributed by atoms with Gasteiger partial charge in [-0.25, -0.2) is 8.42 Å². The fourth-order valence-electron chi connectivity index (χ4n) is 2.21. The Bertz CT molecular complexity index is 359. The van der Waals surface area contributed by atoms with Crippen LogP contribution in [0.4, 0.5) is 0 Å². The quantitative estimate of drug-likeness (QED) is 0.740. The lowest BCUT2D eigenvalue weighted by molar-refractivity contribution is -0.145. The molecule has 6 heteroatoms. The van der Waals surface area contributed by atoms with E-state index in [2.05, 4.69) is 0 Å². The van der Waals surface area contributed by atoms with E-state index in [9.17, 15) is 18.3 Å². The van der Waals surface area contributed by atoms with Crippen LogP contribution in [0.5, 0.6) is 0 Å². The van der Waals surface area contributed by atoms with E-state index >= 15 is 0 Å². The van der Waals surface area contributed by atoms with Gasteiger partial charge in [0.05, 0.1) is 23.5 Å². The maximum Gasteiger partial charge on any atom is 0.306 e. The molecule has 1 aliphatic heterocycles. The van der Waals surface area contributed by atoms with Gasteiger partial charge in [-0.1, -0.05) is 13.8 Å². The van der Waals surface area contributed by atoms with Crippen LogP contribution in [-0.2, 0) is 14.6 Å². The molecule has 0 spiro atoms. The van der Waals surface area contributed by atoms with E-state index in [1.54, 1.807) is 0 Å². The summed E-state index contributed by atoms with van der Waals surface area (Å²) in [4.78, 5) is 11.1. The maximum atomic E-state index is 11.3. The lowest BCUT2D eigenvalue weighted by Gasteiger charge is -2.22. The molecule has 0 bridgehead atoms. The van der Waals surface area contributed by atoms with E-state index in [-0.39, 0.29) is 17.4 Å². The molecule has 1 rings (SSSR count). The van der Waals surface area contributed by atoms with E-state index in [1.165, 1.54) is 0 Å². The number of carbonyl (C=O) groups is 1. The minimum absolute atomic E-state index is 0.164. The SMILES string of the molecule is CC(C)CC(C(=O)O)C1CS(=O)(=O)CC1O. The Morgan fingerprint density at radius 2 is 1.94 bits per heavy atom. The Kier molecular flexibility index (Phi) is 3.96. The molecular weight excluding hydrogens is 232 g/mol. The molecule has 0 aromatic rings. The topological polar surface area (TPSA) is 91.7 Å². The number of aliphatic hydroxyl groups excluding tert-OH is 1. The Labute approximate surface area is 95.4 Å². The summed E-state index contributed by atoms with van der Waals surface area (Å²) in [6.07, 6.45) is -0.642. The highest BCUT2D eigenvalue weighted by Gasteiger charge is 2.43. The first-order chi connectivity index (χ1) is 7.23. The van der Waals surface area contributed by atoms with Crippen LogP contribution in [0.1, 0.15) is 20.3 Å². The third-order valence-corrected chi connectivity index (χ3v) is 4.67. The van der Waals surface area contributed by atoms with Crippen molar-refractivity contribution in [2.75, 3.05) is 11.5 Å². The van der Waals surface area contributed by atoms with Crippen molar-refractivity contribution >= 4 is 15.8 Å². The van der Waals surface area contributed by atoms with Crippen LogP contribution in [-0.4, -0.2) is 42.2 Å². The molecule has 0 aliphatic carbocycles. The second-order valence-corrected chi connectivity index (χ2v) is 7.04. The van der Waals surface area contributed by atoms with Crippen LogP contribution < -0.4 is 0 Å². The third-order valence-electron chi connectivity index (χ3n) is 2.92. The van der Waals surface area contributed by atoms with E-state index < -0.39 is 33.7 Å². The number of hydrogen-bond donors (Lipinski definition) is 2. The largest absolute Gasteiger partial charge is 0.481 e. The van der Waals surface area contributed by atoms with Crippen molar-refractivity contribution in [2.24, 2.45) is 17.8 Å². The predicted molar refractivity (Wildman–Crippen MR) is 58.7 cm³/mol. The van der Waals surface area contributed by atoms with Gasteiger partial charge in [-0.3, -0.25) is 4.79 Å². The van der Waals surface area contributed by atoms with Crippen LogP contribution in [0.25, 0.3) is 0 Å². The predicted octanol–water partition coefficient (Wildman–Crippen LogP) is 0.139. The highest BCUT2D eigenvalue weighted by atomic mass is 32.2. The number of rotatable bonds is 4. The summed E-state index contributed by atoms with van der Waals surface area (Å²) in [6, 6.07) is 0. The van der Waals surface area contributed by atoms with Crippen molar-refractivity contribution in [1.82, 2.24) is 0 Å². The summed E-state index contributed by atoms with van der Waals surface area (Å²) in [5.41, 5.74) is 0. The van der Waals surface area contributed by atoms with Crippen LogP contribution >= 0.6 is 0 Å². The first-order valence-corrected chi connectivity index (χ1v) is 7.16. The summed E-state index contributed by atoms with van der Waals surface area (Å²) in [5.74, 6) is -2.80. The van der Waals surface area contributed by atoms with Gasteiger partial charge in [0.25, 0.3) is 0 Å². The average molecular weight is 250 g/mol. The minimum atomic E-state index is -3.27. The summed E-state index contributed by atoms with van der Waals surface area (Å²) in [5, 5.41) is 18.7. The number of carboxylic acid groups (broad SMARTS) is 1. The van der Waals surface area contributed by atoms with Crippen LogP contribution in [0.15, 0.2) is 0 Å². The van der Waals surface area contributed by atoms with Crippen molar-refractivity contribution in [2.45, 2.75) is 26.4 Å². The van der Waals surface area contributed by atoms with E-state index in [0.717, 1.165) is 0 Å². The van der Waals surface area contributed by atoms with Gasteiger partial charge in [0, 0.05) is 5.92 Å². The molecule has 0 amide bonds. The Morgan fingerprint density at radius 1 is 1.38 bits per heavy atom. The monoisotopic (exact) mass is 250 g/mol. The fraction of sp³-hybridized carbons (Fsp3) is 0.900. The lowest BCUT2D eigenvalue weighted by Crippen LogP contribution is -2.32. The standard InChI is InChI=1S/C10H18O5S/c1-6(2)3-7(10(12)13)8-4-16(14,15)5-9(8)11/h6-9,11H,3-5H2,1-2H3,(H,12,13). The summed E-state index contributed by atoms with van der Waals surface area (Å²) >= 11 is 0. The molecule has 5 nitrogen and oxygen atoms in total. The molecule has 1 aliphatic rings. The average Bonchev–Trinajstić information content (AvgIpc) is 2.34. The lowest BCUT2D eigenvalue weighted by atomic mass is 9.84. The van der Waals surface area contributed by atoms with Gasteiger partial charge in [0.15, 0.2) is 9.84 Å². The molecule has 0 aromatic heterocycles. The van der Waals surface area contributed by atoms with Gasteiger partial charge in [-0.2, -0.15) is 0 Å². The smallest absolute Gasteiger partial charge is 0.306 e. The number of aliphatic hydroxyl groups is 1. The molecule has 1 saturated heterocycles. The van der Waals surface area contributed by atoms with Gasteiger partial charge < -0.3 is 10.2 Å². The second kappa shape index (κ2) is 4.71. The first kappa shape index (κ1) is 13.4. The molecule has 0 aromatic carbocycles. The van der Waals surface area contributed by atoms with Crippen molar-refractivity contribution in [1.29, 1.82) is 0 Å². The molecule has 0 radical (unpaired) electrons. The zero-order valence-corrected chi connectivity index (χ0v) is 10.3. The van der Waals surface area contributed by atoms with E-state index in [4.69, 9.17) is 5.11 Å².